The molecule has 0 aromatic heterocycles. The van der Waals surface area contributed by atoms with E-state index in [1.807, 2.05) is 59.5 Å². The normalized spacial score (nSPS) is 22.2. The predicted octanol–water partition coefficient (Wildman–Crippen LogP) is 5.47. The van der Waals surface area contributed by atoms with E-state index in [1.54, 1.807) is 4.90 Å². The van der Waals surface area contributed by atoms with Crippen molar-refractivity contribution in [1.29, 1.82) is 0 Å². The third kappa shape index (κ3) is 5.37. The van der Waals surface area contributed by atoms with Gasteiger partial charge in [0.15, 0.2) is 5.60 Å². The molecule has 3 atom stereocenters. The first-order chi connectivity index (χ1) is 18.3. The lowest BCUT2D eigenvalue weighted by Gasteiger charge is -2.29. The van der Waals surface area contributed by atoms with Crippen LogP contribution in [-0.2, 0) is 33.0 Å². The molecule has 0 aliphatic carbocycles. The van der Waals surface area contributed by atoms with Gasteiger partial charge in [-0.3, -0.25) is 9.59 Å². The number of fused-ring (bicyclic) bond motifs is 2. The van der Waals surface area contributed by atoms with Gasteiger partial charge in [0.2, 0.25) is 5.91 Å². The molecule has 3 aromatic rings. The van der Waals surface area contributed by atoms with E-state index in [2.05, 4.69) is 70.3 Å². The Morgan fingerprint density at radius 1 is 1.05 bits per heavy atom. The van der Waals surface area contributed by atoms with Crippen molar-refractivity contribution in [3.05, 3.63) is 96.6 Å². The minimum absolute atomic E-state index is 0.0630. The fourth-order valence-electron chi connectivity index (χ4n) is 5.64. The molecule has 198 valence electrons. The van der Waals surface area contributed by atoms with Crippen LogP contribution in [0.5, 0.6) is 0 Å². The first-order valence-electron chi connectivity index (χ1n) is 12.8. The van der Waals surface area contributed by atoms with E-state index in [4.69, 9.17) is 4.74 Å². The van der Waals surface area contributed by atoms with Crippen LogP contribution >= 0.6 is 45.2 Å². The number of amides is 2. The largest absolute Gasteiger partial charge is 0.395 e. The zero-order valence-electron chi connectivity index (χ0n) is 21.1. The van der Waals surface area contributed by atoms with Crippen molar-refractivity contribution in [2.45, 2.75) is 44.6 Å². The molecule has 1 fully saturated rings. The molecule has 6 nitrogen and oxygen atoms in total. The van der Waals surface area contributed by atoms with E-state index in [0.29, 0.717) is 19.5 Å². The van der Waals surface area contributed by atoms with E-state index in [0.717, 1.165) is 29.5 Å². The van der Waals surface area contributed by atoms with Crippen LogP contribution in [0.25, 0.3) is 0 Å². The Morgan fingerprint density at radius 3 is 2.47 bits per heavy atom. The van der Waals surface area contributed by atoms with Crippen molar-refractivity contribution < 1.29 is 19.4 Å². The Hall–Kier alpha value is -2.02. The first-order valence-corrected chi connectivity index (χ1v) is 14.9. The minimum Gasteiger partial charge on any atom is -0.395 e. The molecule has 2 aliphatic rings. The molecule has 8 heteroatoms. The van der Waals surface area contributed by atoms with Gasteiger partial charge in [0, 0.05) is 31.7 Å². The van der Waals surface area contributed by atoms with Crippen LogP contribution in [0.2, 0.25) is 0 Å². The number of carbonyl (C=O) groups is 2. The van der Waals surface area contributed by atoms with Crippen LogP contribution in [0.3, 0.4) is 0 Å². The second-order valence-electron chi connectivity index (χ2n) is 10.0. The molecule has 0 radical (unpaired) electrons. The van der Waals surface area contributed by atoms with Crippen molar-refractivity contribution in [3.8, 4) is 0 Å². The number of anilines is 1. The van der Waals surface area contributed by atoms with E-state index in [-0.39, 0.29) is 43.4 Å². The number of aliphatic hydroxyl groups excluding tert-OH is 1. The van der Waals surface area contributed by atoms with Crippen LogP contribution < -0.4 is 4.90 Å². The quantitative estimate of drug-likeness (QED) is 0.312. The fourth-order valence-corrected chi connectivity index (χ4v) is 6.49. The minimum atomic E-state index is -1.11. The topological polar surface area (TPSA) is 70.1 Å². The molecule has 0 bridgehead atoms. The summed E-state index contributed by atoms with van der Waals surface area (Å²) in [5.74, 6) is -0.236. The smallest absolute Gasteiger partial charge is 0.264 e. The number of ether oxygens (including phenoxy) is 1. The van der Waals surface area contributed by atoms with E-state index >= 15 is 0 Å². The fraction of sp³-hybridized carbons (Fsp3) is 0.333. The third-order valence-electron chi connectivity index (χ3n) is 7.47. The van der Waals surface area contributed by atoms with E-state index in [1.165, 1.54) is 0 Å². The molecule has 1 N–H and O–H groups in total. The molecule has 1 spiro atoms. The zero-order valence-corrected chi connectivity index (χ0v) is 25.5. The molecule has 2 aliphatic heterocycles. The maximum absolute atomic E-state index is 14.2. The van der Waals surface area contributed by atoms with Crippen molar-refractivity contribution >= 4 is 62.7 Å². The molecule has 38 heavy (non-hydrogen) atoms. The van der Waals surface area contributed by atoms with Crippen LogP contribution in [-0.4, -0.2) is 41.1 Å². The Morgan fingerprint density at radius 2 is 1.76 bits per heavy atom. The van der Waals surface area contributed by atoms with Crippen molar-refractivity contribution in [2.24, 2.45) is 5.92 Å². The van der Waals surface area contributed by atoms with Gasteiger partial charge in [-0.2, -0.15) is 0 Å². The SMILES string of the molecule is C[C@H]1C[C@@H](CC(=O)N(CCO)Cc2ccccc2)O[C@]12C(=O)N(Cc1ccc(I)cc1)c1ccc(I)cc12. The van der Waals surface area contributed by atoms with Gasteiger partial charge in [0.1, 0.15) is 0 Å². The maximum atomic E-state index is 14.2. The van der Waals surface area contributed by atoms with Gasteiger partial charge in [-0.15, -0.1) is 0 Å². The van der Waals surface area contributed by atoms with Gasteiger partial charge in [0.05, 0.1) is 31.4 Å². The average molecular weight is 736 g/mol. The summed E-state index contributed by atoms with van der Waals surface area (Å²) in [7, 11) is 0. The summed E-state index contributed by atoms with van der Waals surface area (Å²) < 4.78 is 8.83. The number of carbonyl (C=O) groups excluding carboxylic acids is 2. The maximum Gasteiger partial charge on any atom is 0.264 e. The number of hydrogen-bond donors (Lipinski definition) is 1. The highest BCUT2D eigenvalue weighted by Crippen LogP contribution is 2.54. The molecular formula is C30H30I2N2O4. The summed E-state index contributed by atoms with van der Waals surface area (Å²) >= 11 is 4.55. The lowest BCUT2D eigenvalue weighted by Crippen LogP contribution is -2.44. The Labute approximate surface area is 250 Å². The monoisotopic (exact) mass is 736 g/mol. The Kier molecular flexibility index (Phi) is 8.42. The lowest BCUT2D eigenvalue weighted by molar-refractivity contribution is -0.150. The molecule has 1 saturated heterocycles. The summed E-state index contributed by atoms with van der Waals surface area (Å²) in [4.78, 5) is 31.0. The summed E-state index contributed by atoms with van der Waals surface area (Å²) in [6, 6.07) is 24.0. The first kappa shape index (κ1) is 27.5. The van der Waals surface area contributed by atoms with Crippen LogP contribution in [0.4, 0.5) is 5.69 Å². The summed E-state index contributed by atoms with van der Waals surface area (Å²) in [5.41, 5.74) is 2.72. The average Bonchev–Trinajstić information content (AvgIpc) is 3.35. The highest BCUT2D eigenvalue weighted by atomic mass is 127. The molecule has 3 aromatic carbocycles. The molecule has 0 saturated carbocycles. The lowest BCUT2D eigenvalue weighted by atomic mass is 9.83. The van der Waals surface area contributed by atoms with E-state index < -0.39 is 5.60 Å². The number of benzene rings is 3. The molecule has 0 unspecified atom stereocenters. The van der Waals surface area contributed by atoms with Gasteiger partial charge in [-0.1, -0.05) is 49.4 Å². The van der Waals surface area contributed by atoms with Gasteiger partial charge in [-0.05, 0) is 93.1 Å². The highest BCUT2D eigenvalue weighted by Gasteiger charge is 2.60. The molecule has 2 heterocycles. The standard InChI is InChI=1S/C30H30I2N2O4/c1-20-15-25(17-28(36)33(13-14-35)18-21-5-3-2-4-6-21)38-30(20)26-16-24(32)11-12-27(26)34(29(30)37)19-22-7-9-23(31)10-8-22/h2-12,16,20,25,35H,13-15,17-19H2,1H3/t20-,25-,30+/m0/s1. The van der Waals surface area contributed by atoms with Crippen LogP contribution in [0.15, 0.2) is 72.8 Å². The number of rotatable bonds is 8. The van der Waals surface area contributed by atoms with Crippen LogP contribution in [0, 0.1) is 13.1 Å². The summed E-state index contributed by atoms with van der Waals surface area (Å²) in [6.07, 6.45) is 0.392. The number of aliphatic hydroxyl groups is 1. The van der Waals surface area contributed by atoms with Gasteiger partial charge in [0.25, 0.3) is 5.91 Å². The number of halogens is 2. The number of hydrogen-bond acceptors (Lipinski definition) is 4. The Bertz CT molecular complexity index is 1320. The van der Waals surface area contributed by atoms with Crippen molar-refractivity contribution in [1.82, 2.24) is 4.90 Å². The van der Waals surface area contributed by atoms with E-state index in [9.17, 15) is 14.7 Å². The highest BCUT2D eigenvalue weighted by molar-refractivity contribution is 14.1. The summed E-state index contributed by atoms with van der Waals surface area (Å²) in [6.45, 7) is 3.09. The van der Waals surface area contributed by atoms with Crippen molar-refractivity contribution in [3.63, 3.8) is 0 Å². The molecular weight excluding hydrogens is 706 g/mol. The van der Waals surface area contributed by atoms with Gasteiger partial charge < -0.3 is 19.6 Å². The van der Waals surface area contributed by atoms with Crippen molar-refractivity contribution in [2.75, 3.05) is 18.1 Å². The second-order valence-corrected chi connectivity index (χ2v) is 12.5. The third-order valence-corrected chi connectivity index (χ3v) is 8.86. The predicted molar refractivity (Wildman–Crippen MR) is 163 cm³/mol. The van der Waals surface area contributed by atoms with Crippen LogP contribution in [0.1, 0.15) is 36.5 Å². The summed E-state index contributed by atoms with van der Waals surface area (Å²) in [5, 5.41) is 9.59. The second kappa shape index (κ2) is 11.6. The Balaban J connectivity index is 1.39. The molecule has 5 rings (SSSR count). The zero-order chi connectivity index (χ0) is 26.9. The molecule has 2 amide bonds. The van der Waals surface area contributed by atoms with Gasteiger partial charge >= 0.3 is 0 Å². The number of nitrogens with zero attached hydrogens (tertiary/aromatic N) is 2. The van der Waals surface area contributed by atoms with Gasteiger partial charge in [-0.25, -0.2) is 0 Å².